The Kier molecular flexibility index (Phi) is 4.35. The van der Waals surface area contributed by atoms with Gasteiger partial charge in [0.1, 0.15) is 0 Å². The molecule has 0 radical (unpaired) electrons. The minimum absolute atomic E-state index is 0.674. The van der Waals surface area contributed by atoms with Gasteiger partial charge < -0.3 is 0 Å². The number of piperazine rings is 1. The molecule has 2 atom stereocenters. The first-order valence-corrected chi connectivity index (χ1v) is 6.49. The number of nitrogens with zero attached hydrogens (tertiary/aromatic N) is 2. The Morgan fingerprint density at radius 1 is 1.31 bits per heavy atom. The molecule has 4 heteroatoms. The van der Waals surface area contributed by atoms with Crippen LogP contribution in [0.5, 0.6) is 0 Å². The molecule has 0 aliphatic carbocycles. The largest absolute Gasteiger partial charge is 0.298 e. The summed E-state index contributed by atoms with van der Waals surface area (Å²) in [5.74, 6) is 0. The lowest BCUT2D eigenvalue weighted by Crippen LogP contribution is -2.49. The molecule has 0 aromatic heterocycles. The maximum Gasteiger partial charge on any atom is 0.0911 e. The van der Waals surface area contributed by atoms with Crippen LogP contribution in [0.3, 0.4) is 0 Å². The molecule has 1 fully saturated rings. The van der Waals surface area contributed by atoms with Crippen LogP contribution >= 0.6 is 0 Å². The van der Waals surface area contributed by atoms with E-state index in [4.69, 9.17) is 0 Å². The summed E-state index contributed by atoms with van der Waals surface area (Å²) >= 11 is 0. The van der Waals surface area contributed by atoms with Crippen molar-refractivity contribution < 1.29 is 4.21 Å². The van der Waals surface area contributed by atoms with Gasteiger partial charge >= 0.3 is 0 Å². The summed E-state index contributed by atoms with van der Waals surface area (Å²) in [4.78, 5) is 2.48. The molecular weight excluding hydrogens is 184 g/mol. The molecule has 0 amide bonds. The summed E-state index contributed by atoms with van der Waals surface area (Å²) in [5, 5.41) is 0. The van der Waals surface area contributed by atoms with E-state index in [9.17, 15) is 4.21 Å². The van der Waals surface area contributed by atoms with Crippen LogP contribution in [0.15, 0.2) is 0 Å². The predicted molar refractivity (Wildman–Crippen MR) is 57.0 cm³/mol. The van der Waals surface area contributed by atoms with Gasteiger partial charge in [0.05, 0.1) is 11.0 Å². The molecular formula is C9H20N2OS. The highest BCUT2D eigenvalue weighted by Gasteiger charge is 2.21. The predicted octanol–water partition coefficient (Wildman–Crippen LogP) is 0.696. The molecule has 13 heavy (non-hydrogen) atoms. The Morgan fingerprint density at radius 2 is 1.85 bits per heavy atom. The molecule has 1 heterocycles. The van der Waals surface area contributed by atoms with Crippen molar-refractivity contribution in [3.63, 3.8) is 0 Å². The van der Waals surface area contributed by atoms with Crippen molar-refractivity contribution in [3.05, 3.63) is 0 Å². The first-order valence-electron chi connectivity index (χ1n) is 4.97. The summed E-state index contributed by atoms with van der Waals surface area (Å²) in [6, 6.07) is 0.674. The van der Waals surface area contributed by atoms with Gasteiger partial charge in [0.2, 0.25) is 0 Å². The van der Waals surface area contributed by atoms with Gasteiger partial charge in [-0.3, -0.25) is 4.90 Å². The Morgan fingerprint density at radius 3 is 2.23 bits per heavy atom. The van der Waals surface area contributed by atoms with Gasteiger partial charge in [-0.2, -0.15) is 0 Å². The zero-order chi connectivity index (χ0) is 9.84. The lowest BCUT2D eigenvalue weighted by Gasteiger charge is -2.36. The van der Waals surface area contributed by atoms with Crippen molar-refractivity contribution in [3.8, 4) is 0 Å². The van der Waals surface area contributed by atoms with Crippen LogP contribution < -0.4 is 0 Å². The fourth-order valence-electron chi connectivity index (χ4n) is 1.66. The molecule has 1 aliphatic heterocycles. The minimum atomic E-state index is -0.775. The van der Waals surface area contributed by atoms with E-state index < -0.39 is 11.0 Å². The molecule has 0 aromatic rings. The topological polar surface area (TPSA) is 23.6 Å². The minimum Gasteiger partial charge on any atom is -0.298 e. The van der Waals surface area contributed by atoms with Crippen LogP contribution in [0.25, 0.3) is 0 Å². The highest BCUT2D eigenvalue weighted by molar-refractivity contribution is 7.81. The molecule has 1 saturated heterocycles. The van der Waals surface area contributed by atoms with Crippen LogP contribution in [0.2, 0.25) is 0 Å². The number of rotatable bonds is 3. The van der Waals surface area contributed by atoms with Crippen molar-refractivity contribution in [2.75, 3.05) is 32.4 Å². The van der Waals surface area contributed by atoms with Gasteiger partial charge in [-0.15, -0.1) is 0 Å². The fraction of sp³-hybridized carbons (Fsp3) is 1.00. The fourth-order valence-corrected chi connectivity index (χ4v) is 2.34. The summed E-state index contributed by atoms with van der Waals surface area (Å²) in [7, 11) is -0.775. The smallest absolute Gasteiger partial charge is 0.0911 e. The van der Waals surface area contributed by atoms with Crippen molar-refractivity contribution in [1.29, 1.82) is 0 Å². The molecule has 78 valence electrons. The van der Waals surface area contributed by atoms with E-state index in [1.807, 2.05) is 4.31 Å². The summed E-state index contributed by atoms with van der Waals surface area (Å²) in [6.07, 6.45) is 2.97. The van der Waals surface area contributed by atoms with Crippen LogP contribution in [-0.4, -0.2) is 51.9 Å². The van der Waals surface area contributed by atoms with Gasteiger partial charge in [0.25, 0.3) is 0 Å². The van der Waals surface area contributed by atoms with Crippen LogP contribution in [0.1, 0.15) is 20.3 Å². The molecule has 1 aliphatic rings. The first-order chi connectivity index (χ1) is 6.15. The maximum absolute atomic E-state index is 11.2. The average molecular weight is 204 g/mol. The molecule has 0 aromatic carbocycles. The normalized spacial score (nSPS) is 25.8. The standard InChI is InChI=1S/C9H20N2OS/c1-4-9(2)10-5-7-11(8-6-10)13(3)12/h9H,4-8H2,1-3H3. The molecule has 3 nitrogen and oxygen atoms in total. The van der Waals surface area contributed by atoms with Crippen molar-refractivity contribution in [2.24, 2.45) is 0 Å². The maximum atomic E-state index is 11.2. The molecule has 0 saturated carbocycles. The second-order valence-electron chi connectivity index (χ2n) is 3.65. The SMILES string of the molecule is CCC(C)N1CCN(S(C)=O)CC1. The summed E-state index contributed by atoms with van der Waals surface area (Å²) < 4.78 is 13.2. The number of hydrogen-bond donors (Lipinski definition) is 0. The van der Waals surface area contributed by atoms with Gasteiger partial charge in [-0.1, -0.05) is 6.92 Å². The Balaban J connectivity index is 2.34. The Labute approximate surface area is 83.7 Å². The molecule has 0 bridgehead atoms. The second-order valence-corrected chi connectivity index (χ2v) is 5.01. The van der Waals surface area contributed by atoms with Crippen molar-refractivity contribution in [1.82, 2.24) is 9.21 Å². The van der Waals surface area contributed by atoms with Crippen LogP contribution in [0.4, 0.5) is 0 Å². The summed E-state index contributed by atoms with van der Waals surface area (Å²) in [6.45, 7) is 8.51. The lowest BCUT2D eigenvalue weighted by molar-refractivity contribution is 0.146. The molecule has 0 spiro atoms. The van der Waals surface area contributed by atoms with E-state index in [1.165, 1.54) is 6.42 Å². The molecule has 0 N–H and O–H groups in total. The lowest BCUT2D eigenvalue weighted by atomic mass is 10.2. The monoisotopic (exact) mass is 204 g/mol. The third-order valence-electron chi connectivity index (χ3n) is 2.85. The quantitative estimate of drug-likeness (QED) is 0.675. The van der Waals surface area contributed by atoms with Crippen LogP contribution in [0, 0.1) is 0 Å². The van der Waals surface area contributed by atoms with Crippen molar-refractivity contribution >= 4 is 11.0 Å². The molecule has 2 unspecified atom stereocenters. The highest BCUT2D eigenvalue weighted by Crippen LogP contribution is 2.09. The van der Waals surface area contributed by atoms with Gasteiger partial charge in [0.15, 0.2) is 0 Å². The third-order valence-corrected chi connectivity index (χ3v) is 3.94. The average Bonchev–Trinajstić information content (AvgIpc) is 2.17. The van der Waals surface area contributed by atoms with Gasteiger partial charge in [-0.25, -0.2) is 8.51 Å². The van der Waals surface area contributed by atoms with Crippen molar-refractivity contribution in [2.45, 2.75) is 26.3 Å². The zero-order valence-corrected chi connectivity index (χ0v) is 9.64. The van der Waals surface area contributed by atoms with E-state index in [-0.39, 0.29) is 0 Å². The van der Waals surface area contributed by atoms with E-state index in [1.54, 1.807) is 6.26 Å². The highest BCUT2D eigenvalue weighted by atomic mass is 32.2. The van der Waals surface area contributed by atoms with Gasteiger partial charge in [0, 0.05) is 38.5 Å². The van der Waals surface area contributed by atoms with E-state index in [2.05, 4.69) is 18.7 Å². The third kappa shape index (κ3) is 3.04. The van der Waals surface area contributed by atoms with Gasteiger partial charge in [-0.05, 0) is 13.3 Å². The van der Waals surface area contributed by atoms with E-state index >= 15 is 0 Å². The molecule has 1 rings (SSSR count). The summed E-state index contributed by atoms with van der Waals surface area (Å²) in [5.41, 5.74) is 0. The Bertz CT molecular complexity index is 178. The zero-order valence-electron chi connectivity index (χ0n) is 8.82. The first kappa shape index (κ1) is 11.1. The van der Waals surface area contributed by atoms with Crippen LogP contribution in [-0.2, 0) is 11.0 Å². The number of hydrogen-bond acceptors (Lipinski definition) is 2. The van der Waals surface area contributed by atoms with E-state index in [0.717, 1.165) is 26.2 Å². The van der Waals surface area contributed by atoms with E-state index in [0.29, 0.717) is 6.04 Å². The second kappa shape index (κ2) is 5.08. The Hall–Kier alpha value is 0.0700.